The van der Waals surface area contributed by atoms with Crippen LogP contribution in [0.15, 0.2) is 36.4 Å². The number of rotatable bonds is 2. The van der Waals surface area contributed by atoms with Crippen molar-refractivity contribution in [2.24, 2.45) is 11.7 Å². The molecule has 100 valence electrons. The molecule has 2 aromatic rings. The zero-order chi connectivity index (χ0) is 13.2. The monoisotopic (exact) mass is 255 g/mol. The van der Waals surface area contributed by atoms with Crippen LogP contribution in [0, 0.1) is 5.92 Å². The van der Waals surface area contributed by atoms with Gasteiger partial charge in [0.15, 0.2) is 0 Å². The van der Waals surface area contributed by atoms with Gasteiger partial charge in [-0.3, -0.25) is 0 Å². The van der Waals surface area contributed by atoms with E-state index in [-0.39, 0.29) is 6.04 Å². The molecule has 1 saturated carbocycles. The van der Waals surface area contributed by atoms with E-state index < -0.39 is 0 Å². The Morgan fingerprint density at radius 2 is 1.63 bits per heavy atom. The van der Waals surface area contributed by atoms with Gasteiger partial charge in [-0.1, -0.05) is 49.6 Å². The summed E-state index contributed by atoms with van der Waals surface area (Å²) in [5.74, 6) is 0.928. The zero-order valence-electron chi connectivity index (χ0n) is 11.2. The predicted molar refractivity (Wildman–Crippen MR) is 79.1 cm³/mol. The van der Waals surface area contributed by atoms with E-state index in [0.717, 1.165) is 10.8 Å². The van der Waals surface area contributed by atoms with Gasteiger partial charge < -0.3 is 10.8 Å². The Labute approximate surface area is 114 Å². The number of benzene rings is 2. The summed E-state index contributed by atoms with van der Waals surface area (Å²) in [4.78, 5) is 0. The largest absolute Gasteiger partial charge is 0.507 e. The third kappa shape index (κ3) is 2.33. The Balaban J connectivity index is 2.02. The second-order valence-electron chi connectivity index (χ2n) is 5.64. The Kier molecular flexibility index (Phi) is 3.43. The first-order valence-electron chi connectivity index (χ1n) is 7.23. The van der Waals surface area contributed by atoms with E-state index in [0.29, 0.717) is 11.7 Å². The van der Waals surface area contributed by atoms with E-state index in [2.05, 4.69) is 6.07 Å². The van der Waals surface area contributed by atoms with Crippen LogP contribution in [0.3, 0.4) is 0 Å². The van der Waals surface area contributed by atoms with Crippen molar-refractivity contribution in [3.8, 4) is 5.75 Å². The number of hydrogen-bond acceptors (Lipinski definition) is 2. The van der Waals surface area contributed by atoms with Gasteiger partial charge in [0.1, 0.15) is 5.75 Å². The molecular formula is C17H21NO. The second-order valence-corrected chi connectivity index (χ2v) is 5.64. The highest BCUT2D eigenvalue weighted by Crippen LogP contribution is 2.37. The third-order valence-corrected chi connectivity index (χ3v) is 4.45. The molecule has 3 rings (SSSR count). The van der Waals surface area contributed by atoms with Crippen LogP contribution in [-0.4, -0.2) is 5.11 Å². The Bertz CT molecular complexity index is 572. The van der Waals surface area contributed by atoms with E-state index in [9.17, 15) is 5.11 Å². The minimum absolute atomic E-state index is 0.0887. The molecule has 0 saturated heterocycles. The summed E-state index contributed by atoms with van der Waals surface area (Å²) in [6.07, 6.45) is 6.41. The molecule has 0 radical (unpaired) electrons. The van der Waals surface area contributed by atoms with Crippen molar-refractivity contribution in [3.63, 3.8) is 0 Å². The van der Waals surface area contributed by atoms with Gasteiger partial charge in [0.05, 0.1) is 0 Å². The number of fused-ring (bicyclic) bond motifs is 1. The van der Waals surface area contributed by atoms with Gasteiger partial charge in [-0.15, -0.1) is 0 Å². The van der Waals surface area contributed by atoms with Crippen molar-refractivity contribution in [1.29, 1.82) is 0 Å². The van der Waals surface area contributed by atoms with Crippen LogP contribution in [-0.2, 0) is 0 Å². The van der Waals surface area contributed by atoms with Crippen molar-refractivity contribution >= 4 is 10.8 Å². The van der Waals surface area contributed by atoms with Gasteiger partial charge in [0, 0.05) is 11.4 Å². The van der Waals surface area contributed by atoms with Crippen molar-refractivity contribution in [1.82, 2.24) is 0 Å². The molecule has 0 bridgehead atoms. The smallest absolute Gasteiger partial charge is 0.123 e. The normalized spacial score (nSPS) is 18.6. The Hall–Kier alpha value is -1.54. The highest BCUT2D eigenvalue weighted by Gasteiger charge is 2.23. The quantitative estimate of drug-likeness (QED) is 0.847. The van der Waals surface area contributed by atoms with Crippen molar-refractivity contribution in [2.45, 2.75) is 38.1 Å². The Morgan fingerprint density at radius 3 is 2.37 bits per heavy atom. The average molecular weight is 255 g/mol. The molecule has 3 N–H and O–H groups in total. The minimum Gasteiger partial charge on any atom is -0.507 e. The molecule has 2 nitrogen and oxygen atoms in total. The molecule has 0 spiro atoms. The van der Waals surface area contributed by atoms with Gasteiger partial charge in [-0.2, -0.15) is 0 Å². The maximum absolute atomic E-state index is 9.95. The summed E-state index contributed by atoms with van der Waals surface area (Å²) in [6, 6.07) is 11.9. The highest BCUT2D eigenvalue weighted by molar-refractivity contribution is 5.91. The van der Waals surface area contributed by atoms with Crippen LogP contribution >= 0.6 is 0 Å². The first-order chi connectivity index (χ1) is 9.27. The van der Waals surface area contributed by atoms with E-state index in [1.54, 1.807) is 6.07 Å². The Morgan fingerprint density at radius 1 is 0.947 bits per heavy atom. The molecule has 0 heterocycles. The van der Waals surface area contributed by atoms with Crippen LogP contribution in [0.25, 0.3) is 10.8 Å². The van der Waals surface area contributed by atoms with Gasteiger partial charge in [-0.25, -0.2) is 0 Å². The lowest BCUT2D eigenvalue weighted by molar-refractivity contribution is 0.309. The molecule has 1 atom stereocenters. The lowest BCUT2D eigenvalue weighted by Crippen LogP contribution is -2.23. The maximum atomic E-state index is 9.95. The van der Waals surface area contributed by atoms with E-state index >= 15 is 0 Å². The predicted octanol–water partition coefficient (Wildman–Crippen LogP) is 4.13. The summed E-state index contributed by atoms with van der Waals surface area (Å²) in [5.41, 5.74) is 7.69. The van der Waals surface area contributed by atoms with Crippen molar-refractivity contribution in [3.05, 3.63) is 42.0 Å². The molecule has 1 aliphatic carbocycles. The summed E-state index contributed by atoms with van der Waals surface area (Å²) < 4.78 is 0. The molecule has 0 aromatic heterocycles. The molecule has 2 aromatic carbocycles. The van der Waals surface area contributed by atoms with Crippen molar-refractivity contribution in [2.75, 3.05) is 0 Å². The molecular weight excluding hydrogens is 234 g/mol. The second kappa shape index (κ2) is 5.22. The van der Waals surface area contributed by atoms with Gasteiger partial charge >= 0.3 is 0 Å². The number of phenols is 1. The highest BCUT2D eigenvalue weighted by atomic mass is 16.3. The average Bonchev–Trinajstić information content (AvgIpc) is 2.48. The standard InChI is InChI=1S/C17H21NO/c18-17(12-6-2-1-3-7-12)15-10-11-16(19)14-9-5-4-8-13(14)15/h4-5,8-12,17,19H,1-3,6-7,18H2/t17-/m1/s1. The number of phenolic OH excluding ortho intramolecular Hbond substituents is 1. The van der Waals surface area contributed by atoms with E-state index in [1.807, 2.05) is 24.3 Å². The van der Waals surface area contributed by atoms with Gasteiger partial charge in [-0.05, 0) is 35.8 Å². The van der Waals surface area contributed by atoms with Gasteiger partial charge in [0.2, 0.25) is 0 Å². The third-order valence-electron chi connectivity index (χ3n) is 4.45. The molecule has 0 unspecified atom stereocenters. The van der Waals surface area contributed by atoms with E-state index in [1.165, 1.54) is 37.7 Å². The van der Waals surface area contributed by atoms with Crippen LogP contribution < -0.4 is 5.73 Å². The molecule has 1 fully saturated rings. The van der Waals surface area contributed by atoms with Crippen LogP contribution in [0.1, 0.15) is 43.7 Å². The maximum Gasteiger partial charge on any atom is 0.123 e. The molecule has 0 amide bonds. The summed E-state index contributed by atoms with van der Waals surface area (Å²) in [6.45, 7) is 0. The van der Waals surface area contributed by atoms with Crippen LogP contribution in [0.5, 0.6) is 5.75 Å². The zero-order valence-corrected chi connectivity index (χ0v) is 11.2. The SMILES string of the molecule is N[C@@H](c1ccc(O)c2ccccc12)C1CCCCC1. The number of nitrogens with two attached hydrogens (primary N) is 1. The fraction of sp³-hybridized carbons (Fsp3) is 0.412. The number of hydrogen-bond donors (Lipinski definition) is 2. The molecule has 0 aliphatic heterocycles. The van der Waals surface area contributed by atoms with E-state index in [4.69, 9.17) is 5.73 Å². The van der Waals surface area contributed by atoms with Crippen LogP contribution in [0.2, 0.25) is 0 Å². The van der Waals surface area contributed by atoms with Gasteiger partial charge in [0.25, 0.3) is 0 Å². The fourth-order valence-electron chi connectivity index (χ4n) is 3.34. The first-order valence-corrected chi connectivity index (χ1v) is 7.23. The summed E-state index contributed by atoms with van der Waals surface area (Å²) >= 11 is 0. The number of aromatic hydroxyl groups is 1. The summed E-state index contributed by atoms with van der Waals surface area (Å²) in [7, 11) is 0. The topological polar surface area (TPSA) is 46.2 Å². The minimum atomic E-state index is 0.0887. The lowest BCUT2D eigenvalue weighted by Gasteiger charge is -2.28. The fourth-order valence-corrected chi connectivity index (χ4v) is 3.34. The van der Waals surface area contributed by atoms with Crippen LogP contribution in [0.4, 0.5) is 0 Å². The molecule has 2 heteroatoms. The van der Waals surface area contributed by atoms with Crippen molar-refractivity contribution < 1.29 is 5.11 Å². The molecule has 1 aliphatic rings. The lowest BCUT2D eigenvalue weighted by atomic mass is 9.80. The molecule has 19 heavy (non-hydrogen) atoms. The first kappa shape index (κ1) is 12.5. The summed E-state index contributed by atoms with van der Waals surface area (Å²) in [5, 5.41) is 12.0.